The quantitative estimate of drug-likeness (QED) is 0.661. The van der Waals surface area contributed by atoms with Crippen LogP contribution in [0.15, 0.2) is 42.5 Å². The summed E-state index contributed by atoms with van der Waals surface area (Å²) < 4.78 is 44.1. The van der Waals surface area contributed by atoms with Gasteiger partial charge in [-0.2, -0.15) is 13.2 Å². The largest absolute Gasteiger partial charge is 0.497 e. The van der Waals surface area contributed by atoms with E-state index in [9.17, 15) is 22.8 Å². The molecule has 1 fully saturated rings. The fourth-order valence-corrected chi connectivity index (χ4v) is 5.65. The van der Waals surface area contributed by atoms with Crippen LogP contribution in [0, 0.1) is 5.92 Å². The molecule has 2 aromatic rings. The van der Waals surface area contributed by atoms with Crippen molar-refractivity contribution >= 4 is 29.3 Å². The van der Waals surface area contributed by atoms with Gasteiger partial charge in [-0.25, -0.2) is 0 Å². The van der Waals surface area contributed by atoms with Crippen molar-refractivity contribution < 1.29 is 27.5 Å². The monoisotopic (exact) mass is 464 g/mol. The number of thioether (sulfide) groups is 1. The van der Waals surface area contributed by atoms with Crippen molar-refractivity contribution in [3.05, 3.63) is 59.2 Å². The number of benzene rings is 2. The molecule has 2 heterocycles. The topological polar surface area (TPSA) is 49.9 Å². The van der Waals surface area contributed by atoms with E-state index in [4.69, 9.17) is 4.74 Å². The molecule has 0 aliphatic carbocycles. The number of anilines is 1. The molecule has 1 unspecified atom stereocenters. The molecule has 0 N–H and O–H groups in total. The number of methoxy groups -OCH3 is 1. The van der Waals surface area contributed by atoms with E-state index >= 15 is 0 Å². The third-order valence-corrected chi connectivity index (χ3v) is 7.20. The Morgan fingerprint density at radius 1 is 1.19 bits per heavy atom. The van der Waals surface area contributed by atoms with Gasteiger partial charge in [0, 0.05) is 23.8 Å². The number of alkyl halides is 3. The highest BCUT2D eigenvalue weighted by atomic mass is 32.2. The van der Waals surface area contributed by atoms with Gasteiger partial charge in [0.25, 0.3) is 5.91 Å². The van der Waals surface area contributed by atoms with Gasteiger partial charge >= 0.3 is 6.18 Å². The van der Waals surface area contributed by atoms with Crippen molar-refractivity contribution in [2.45, 2.75) is 31.4 Å². The molecule has 9 heteroatoms. The number of rotatable bonds is 4. The van der Waals surface area contributed by atoms with Crippen LogP contribution >= 0.6 is 11.8 Å². The number of carbonyl (C=O) groups excluding carboxylic acids is 2. The summed E-state index contributed by atoms with van der Waals surface area (Å²) in [5, 5.41) is 0. The molecular weight excluding hydrogens is 441 g/mol. The maximum absolute atomic E-state index is 13.8. The van der Waals surface area contributed by atoms with Gasteiger partial charge in [-0.05, 0) is 35.9 Å². The smallest absolute Gasteiger partial charge is 0.416 e. The van der Waals surface area contributed by atoms with Crippen molar-refractivity contribution in [2.24, 2.45) is 5.92 Å². The summed E-state index contributed by atoms with van der Waals surface area (Å²) in [6.45, 7) is 4.14. The molecule has 5 nitrogen and oxygen atoms in total. The Morgan fingerprint density at radius 3 is 2.47 bits per heavy atom. The SMILES string of the molecule is COc1ccc2c(c1)C1(SCCN1C(=O)C(C)C)C(=O)N2Cc1ccc(C(F)(F)F)cc1. The van der Waals surface area contributed by atoms with Crippen LogP contribution in [-0.4, -0.2) is 36.1 Å². The molecule has 32 heavy (non-hydrogen) atoms. The predicted molar refractivity (Wildman–Crippen MR) is 116 cm³/mol. The number of ether oxygens (including phenoxy) is 1. The number of hydrogen-bond donors (Lipinski definition) is 0. The van der Waals surface area contributed by atoms with Crippen molar-refractivity contribution in [1.29, 1.82) is 0 Å². The zero-order valence-electron chi connectivity index (χ0n) is 17.9. The van der Waals surface area contributed by atoms with E-state index in [1.165, 1.54) is 31.0 Å². The third kappa shape index (κ3) is 3.52. The minimum atomic E-state index is -4.42. The highest BCUT2D eigenvalue weighted by Gasteiger charge is 2.59. The molecule has 0 bridgehead atoms. The second kappa shape index (κ2) is 8.03. The second-order valence-corrected chi connectivity index (χ2v) is 9.39. The van der Waals surface area contributed by atoms with Crippen LogP contribution in [0.5, 0.6) is 5.75 Å². The van der Waals surface area contributed by atoms with Crippen LogP contribution in [0.25, 0.3) is 0 Å². The molecule has 2 aliphatic rings. The first-order chi connectivity index (χ1) is 15.1. The standard InChI is InChI=1S/C23H23F3N2O3S/c1-14(2)20(29)28-10-11-32-22(28)18-12-17(31-3)8-9-19(18)27(21(22)30)13-15-4-6-16(7-5-15)23(24,25)26/h4-9,12,14H,10-11,13H2,1-3H3. The highest BCUT2D eigenvalue weighted by molar-refractivity contribution is 8.01. The summed E-state index contributed by atoms with van der Waals surface area (Å²) in [6.07, 6.45) is -4.42. The maximum Gasteiger partial charge on any atom is 0.416 e. The lowest BCUT2D eigenvalue weighted by Gasteiger charge is -2.34. The molecule has 2 aromatic carbocycles. The fraction of sp³-hybridized carbons (Fsp3) is 0.391. The Balaban J connectivity index is 1.76. The lowest BCUT2D eigenvalue weighted by Crippen LogP contribution is -2.51. The van der Waals surface area contributed by atoms with Gasteiger partial charge in [-0.3, -0.25) is 9.59 Å². The minimum Gasteiger partial charge on any atom is -0.497 e. The lowest BCUT2D eigenvalue weighted by atomic mass is 10.0. The third-order valence-electron chi connectivity index (χ3n) is 5.78. The van der Waals surface area contributed by atoms with Gasteiger partial charge in [0.15, 0.2) is 4.87 Å². The Morgan fingerprint density at radius 2 is 1.88 bits per heavy atom. The lowest BCUT2D eigenvalue weighted by molar-refractivity contribution is -0.142. The van der Waals surface area contributed by atoms with Crippen molar-refractivity contribution in [3.8, 4) is 5.75 Å². The number of amides is 2. The molecule has 0 aromatic heterocycles. The summed E-state index contributed by atoms with van der Waals surface area (Å²) in [6, 6.07) is 10.1. The van der Waals surface area contributed by atoms with Crippen LogP contribution in [0.3, 0.4) is 0 Å². The van der Waals surface area contributed by atoms with Crippen LogP contribution in [-0.2, 0) is 27.2 Å². The van der Waals surface area contributed by atoms with Gasteiger partial charge in [0.1, 0.15) is 5.75 Å². The predicted octanol–water partition coefficient (Wildman–Crippen LogP) is 4.65. The number of hydrogen-bond acceptors (Lipinski definition) is 4. The summed E-state index contributed by atoms with van der Waals surface area (Å²) in [7, 11) is 1.53. The number of nitrogens with zero attached hydrogens (tertiary/aromatic N) is 2. The van der Waals surface area contributed by atoms with Gasteiger partial charge in [-0.15, -0.1) is 11.8 Å². The molecule has 0 saturated carbocycles. The van der Waals surface area contributed by atoms with E-state index < -0.39 is 16.6 Å². The summed E-state index contributed by atoms with van der Waals surface area (Å²) in [5.41, 5.74) is 1.13. The van der Waals surface area contributed by atoms with E-state index in [1.807, 2.05) is 0 Å². The Bertz CT molecular complexity index is 1060. The Kier molecular flexibility index (Phi) is 5.65. The van der Waals surface area contributed by atoms with Crippen molar-refractivity contribution in [1.82, 2.24) is 4.90 Å². The number of halogens is 3. The zero-order chi connectivity index (χ0) is 23.3. The van der Waals surface area contributed by atoms with Crippen LogP contribution in [0.2, 0.25) is 0 Å². The summed E-state index contributed by atoms with van der Waals surface area (Å²) in [4.78, 5) is 28.9. The Labute approximate surface area is 188 Å². The first kappa shape index (κ1) is 22.5. The zero-order valence-corrected chi connectivity index (χ0v) is 18.7. The first-order valence-corrected chi connectivity index (χ1v) is 11.2. The van der Waals surface area contributed by atoms with Crippen LogP contribution in [0.4, 0.5) is 18.9 Å². The Hall–Kier alpha value is -2.68. The highest BCUT2D eigenvalue weighted by Crippen LogP contribution is 2.55. The molecule has 1 atom stereocenters. The summed E-state index contributed by atoms with van der Waals surface area (Å²) in [5.74, 6) is 0.508. The molecule has 2 amide bonds. The number of fused-ring (bicyclic) bond motifs is 2. The second-order valence-electron chi connectivity index (χ2n) is 8.11. The normalized spacial score (nSPS) is 20.4. The van der Waals surface area contributed by atoms with E-state index in [0.29, 0.717) is 34.9 Å². The number of carbonyl (C=O) groups is 2. The van der Waals surface area contributed by atoms with Gasteiger partial charge in [-0.1, -0.05) is 26.0 Å². The molecule has 1 spiro atoms. The van der Waals surface area contributed by atoms with E-state index in [1.54, 1.807) is 41.8 Å². The van der Waals surface area contributed by atoms with E-state index in [2.05, 4.69) is 0 Å². The molecule has 170 valence electrons. The maximum atomic E-state index is 13.8. The van der Waals surface area contributed by atoms with Gasteiger partial charge in [0.2, 0.25) is 5.91 Å². The minimum absolute atomic E-state index is 0.0995. The molecule has 4 rings (SSSR count). The molecule has 0 radical (unpaired) electrons. The molecule has 2 aliphatic heterocycles. The summed E-state index contributed by atoms with van der Waals surface area (Å²) >= 11 is 1.41. The van der Waals surface area contributed by atoms with Gasteiger partial charge in [0.05, 0.1) is 24.9 Å². The first-order valence-electron chi connectivity index (χ1n) is 10.2. The average molecular weight is 465 g/mol. The van der Waals surface area contributed by atoms with Gasteiger partial charge < -0.3 is 14.5 Å². The van der Waals surface area contributed by atoms with E-state index in [0.717, 1.165) is 12.1 Å². The molecular formula is C23H23F3N2O3S. The van der Waals surface area contributed by atoms with Crippen LogP contribution < -0.4 is 9.64 Å². The molecule has 1 saturated heterocycles. The average Bonchev–Trinajstić information content (AvgIpc) is 3.29. The van der Waals surface area contributed by atoms with Crippen LogP contribution in [0.1, 0.15) is 30.5 Å². The fourth-order valence-electron chi connectivity index (χ4n) is 4.19. The van der Waals surface area contributed by atoms with E-state index in [-0.39, 0.29) is 24.3 Å². The van der Waals surface area contributed by atoms with Crippen molar-refractivity contribution in [2.75, 3.05) is 24.3 Å². The van der Waals surface area contributed by atoms with Crippen molar-refractivity contribution in [3.63, 3.8) is 0 Å².